The van der Waals surface area contributed by atoms with Crippen molar-refractivity contribution in [3.05, 3.63) is 46.8 Å². The van der Waals surface area contributed by atoms with Gasteiger partial charge in [-0.1, -0.05) is 24.3 Å². The molecule has 1 aromatic carbocycles. The molecule has 3 rings (SSSR count). The average Bonchev–Trinajstić information content (AvgIpc) is 2.66. The van der Waals surface area contributed by atoms with Crippen LogP contribution >= 0.6 is 15.9 Å². The normalized spacial score (nSPS) is 11.1. The Morgan fingerprint density at radius 1 is 1.17 bits per heavy atom. The van der Waals surface area contributed by atoms with Crippen molar-refractivity contribution in [1.82, 2.24) is 14.5 Å². The van der Waals surface area contributed by atoms with Crippen LogP contribution in [0.15, 0.2) is 41.3 Å². The zero-order valence-corrected chi connectivity index (χ0v) is 11.8. The second-order valence-electron chi connectivity index (χ2n) is 4.32. The Labute approximate surface area is 114 Å². The van der Waals surface area contributed by atoms with Crippen LogP contribution in [0.3, 0.4) is 0 Å². The Balaban J connectivity index is 2.40. The highest BCUT2D eigenvalue weighted by atomic mass is 79.9. The third kappa shape index (κ3) is 1.64. The number of aryl methyl sites for hydroxylation is 2. The number of hydrogen-bond acceptors (Lipinski definition) is 2. The average molecular weight is 302 g/mol. The third-order valence-electron chi connectivity index (χ3n) is 3.11. The Kier molecular flexibility index (Phi) is 2.67. The lowest BCUT2D eigenvalue weighted by Gasteiger charge is -2.06. The molecule has 0 aliphatic carbocycles. The van der Waals surface area contributed by atoms with Crippen LogP contribution in [0.2, 0.25) is 0 Å². The first kappa shape index (κ1) is 11.4. The molecule has 3 nitrogen and oxygen atoms in total. The fourth-order valence-electron chi connectivity index (χ4n) is 2.20. The van der Waals surface area contributed by atoms with Gasteiger partial charge in [0.1, 0.15) is 12.0 Å². The summed E-state index contributed by atoms with van der Waals surface area (Å²) >= 11 is 3.59. The van der Waals surface area contributed by atoms with Gasteiger partial charge in [-0.2, -0.15) is 0 Å². The standard InChI is InChI=1S/C14H12BrN3/c1-9-5-3-4-6-10(9)13-12-11(15)7-18(2)14(12)17-8-16-13/h3-8H,1-2H3. The second-order valence-corrected chi connectivity index (χ2v) is 5.18. The van der Waals surface area contributed by atoms with Crippen LogP contribution in [0.25, 0.3) is 22.3 Å². The number of rotatable bonds is 1. The molecule has 0 unspecified atom stereocenters. The summed E-state index contributed by atoms with van der Waals surface area (Å²) in [5, 5.41) is 1.06. The predicted molar refractivity (Wildman–Crippen MR) is 76.4 cm³/mol. The molecule has 2 aromatic heterocycles. The van der Waals surface area contributed by atoms with Gasteiger partial charge in [-0.3, -0.25) is 0 Å². The van der Waals surface area contributed by atoms with E-state index in [0.717, 1.165) is 26.8 Å². The first-order valence-corrected chi connectivity index (χ1v) is 6.49. The van der Waals surface area contributed by atoms with E-state index in [1.165, 1.54) is 5.56 Å². The molecule has 0 bridgehead atoms. The number of nitrogens with zero attached hydrogens (tertiary/aromatic N) is 3. The topological polar surface area (TPSA) is 30.7 Å². The molecular weight excluding hydrogens is 290 g/mol. The first-order chi connectivity index (χ1) is 8.68. The maximum atomic E-state index is 4.46. The van der Waals surface area contributed by atoms with Crippen LogP contribution in [-0.2, 0) is 7.05 Å². The van der Waals surface area contributed by atoms with Gasteiger partial charge in [0.25, 0.3) is 0 Å². The van der Waals surface area contributed by atoms with Crippen LogP contribution < -0.4 is 0 Å². The van der Waals surface area contributed by atoms with Gasteiger partial charge in [0.15, 0.2) is 0 Å². The molecule has 0 saturated heterocycles. The fraction of sp³-hybridized carbons (Fsp3) is 0.143. The molecule has 3 aromatic rings. The van der Waals surface area contributed by atoms with E-state index in [9.17, 15) is 0 Å². The van der Waals surface area contributed by atoms with E-state index >= 15 is 0 Å². The zero-order chi connectivity index (χ0) is 12.7. The Morgan fingerprint density at radius 2 is 1.94 bits per heavy atom. The van der Waals surface area contributed by atoms with Crippen LogP contribution in [0.1, 0.15) is 5.56 Å². The van der Waals surface area contributed by atoms with Crippen LogP contribution in [-0.4, -0.2) is 14.5 Å². The summed E-state index contributed by atoms with van der Waals surface area (Å²) in [5.74, 6) is 0. The number of benzene rings is 1. The van der Waals surface area contributed by atoms with E-state index < -0.39 is 0 Å². The summed E-state index contributed by atoms with van der Waals surface area (Å²) in [6.07, 6.45) is 3.64. The van der Waals surface area contributed by atoms with Crippen molar-refractivity contribution >= 4 is 27.0 Å². The molecular formula is C14H12BrN3. The smallest absolute Gasteiger partial charge is 0.144 e. The van der Waals surface area contributed by atoms with Gasteiger partial charge >= 0.3 is 0 Å². The van der Waals surface area contributed by atoms with E-state index in [4.69, 9.17) is 0 Å². The maximum Gasteiger partial charge on any atom is 0.144 e. The molecule has 0 amide bonds. The van der Waals surface area contributed by atoms with Crippen LogP contribution in [0, 0.1) is 6.92 Å². The molecule has 0 spiro atoms. The highest BCUT2D eigenvalue weighted by molar-refractivity contribution is 9.10. The van der Waals surface area contributed by atoms with Gasteiger partial charge < -0.3 is 4.57 Å². The summed E-state index contributed by atoms with van der Waals surface area (Å²) in [4.78, 5) is 8.80. The van der Waals surface area contributed by atoms with E-state index in [-0.39, 0.29) is 0 Å². The first-order valence-electron chi connectivity index (χ1n) is 5.70. The fourth-order valence-corrected chi connectivity index (χ4v) is 2.87. The molecule has 0 aliphatic rings. The van der Waals surface area contributed by atoms with Crippen molar-refractivity contribution in [3.8, 4) is 11.3 Å². The van der Waals surface area contributed by atoms with Crippen molar-refractivity contribution < 1.29 is 0 Å². The van der Waals surface area contributed by atoms with E-state index in [0.29, 0.717) is 0 Å². The van der Waals surface area contributed by atoms with Crippen molar-refractivity contribution in [3.63, 3.8) is 0 Å². The summed E-state index contributed by atoms with van der Waals surface area (Å²) in [6.45, 7) is 2.10. The summed E-state index contributed by atoms with van der Waals surface area (Å²) in [6, 6.07) is 8.26. The number of halogens is 1. The SMILES string of the molecule is Cc1ccccc1-c1ncnc2c1c(Br)cn2C. The van der Waals surface area contributed by atoms with Crippen LogP contribution in [0.5, 0.6) is 0 Å². The van der Waals surface area contributed by atoms with Crippen molar-refractivity contribution in [2.75, 3.05) is 0 Å². The van der Waals surface area contributed by atoms with Gasteiger partial charge in [0.2, 0.25) is 0 Å². The van der Waals surface area contributed by atoms with E-state index in [1.54, 1.807) is 6.33 Å². The minimum atomic E-state index is 0.940. The maximum absolute atomic E-state index is 4.46. The molecule has 0 radical (unpaired) electrons. The number of hydrogen-bond donors (Lipinski definition) is 0. The summed E-state index contributed by atoms with van der Waals surface area (Å²) < 4.78 is 3.03. The lowest BCUT2D eigenvalue weighted by atomic mass is 10.0. The minimum absolute atomic E-state index is 0.940. The molecule has 90 valence electrons. The van der Waals surface area contributed by atoms with E-state index in [2.05, 4.69) is 45.0 Å². The largest absolute Gasteiger partial charge is 0.334 e. The molecule has 4 heteroatoms. The summed E-state index contributed by atoms with van der Waals surface area (Å²) in [7, 11) is 1.99. The second kappa shape index (κ2) is 4.21. The molecule has 0 atom stereocenters. The van der Waals surface area contributed by atoms with Gasteiger partial charge in [-0.05, 0) is 28.4 Å². The lowest BCUT2D eigenvalue weighted by Crippen LogP contribution is -1.92. The lowest BCUT2D eigenvalue weighted by molar-refractivity contribution is 0.942. The monoisotopic (exact) mass is 301 g/mol. The highest BCUT2D eigenvalue weighted by Crippen LogP contribution is 2.33. The van der Waals surface area contributed by atoms with Crippen molar-refractivity contribution in [2.45, 2.75) is 6.92 Å². The zero-order valence-electron chi connectivity index (χ0n) is 10.2. The number of aromatic nitrogens is 3. The third-order valence-corrected chi connectivity index (χ3v) is 3.71. The Bertz CT molecular complexity index is 731. The summed E-state index contributed by atoms with van der Waals surface area (Å²) in [5.41, 5.74) is 4.28. The van der Waals surface area contributed by atoms with E-state index in [1.807, 2.05) is 29.9 Å². The number of fused-ring (bicyclic) bond motifs is 1. The molecule has 2 heterocycles. The molecule has 0 aliphatic heterocycles. The Morgan fingerprint density at radius 3 is 2.72 bits per heavy atom. The van der Waals surface area contributed by atoms with Gasteiger partial charge in [-0.15, -0.1) is 0 Å². The predicted octanol–water partition coefficient (Wildman–Crippen LogP) is 3.71. The van der Waals surface area contributed by atoms with Crippen LogP contribution in [0.4, 0.5) is 0 Å². The van der Waals surface area contributed by atoms with Gasteiger partial charge in [-0.25, -0.2) is 9.97 Å². The molecule has 0 fully saturated rings. The van der Waals surface area contributed by atoms with Crippen molar-refractivity contribution in [1.29, 1.82) is 0 Å². The molecule has 18 heavy (non-hydrogen) atoms. The van der Waals surface area contributed by atoms with Gasteiger partial charge in [0, 0.05) is 23.3 Å². The molecule has 0 N–H and O–H groups in total. The minimum Gasteiger partial charge on any atom is -0.334 e. The van der Waals surface area contributed by atoms with Gasteiger partial charge in [0.05, 0.1) is 11.1 Å². The highest BCUT2D eigenvalue weighted by Gasteiger charge is 2.14. The molecule has 0 saturated carbocycles. The Hall–Kier alpha value is -1.68. The van der Waals surface area contributed by atoms with Crippen molar-refractivity contribution in [2.24, 2.45) is 7.05 Å². The quantitative estimate of drug-likeness (QED) is 0.686.